The van der Waals surface area contributed by atoms with Crippen LogP contribution >= 0.6 is 0 Å². The first-order valence-corrected chi connectivity index (χ1v) is 9.07. The van der Waals surface area contributed by atoms with Crippen LogP contribution in [0.15, 0.2) is 59.5 Å². The van der Waals surface area contributed by atoms with E-state index in [9.17, 15) is 13.2 Å². The van der Waals surface area contributed by atoms with Crippen LogP contribution in [0, 0.1) is 5.92 Å². The molecule has 6 nitrogen and oxygen atoms in total. The van der Waals surface area contributed by atoms with Gasteiger partial charge in [-0.1, -0.05) is 44.2 Å². The van der Waals surface area contributed by atoms with Crippen LogP contribution in [-0.4, -0.2) is 14.4 Å². The number of rotatable bonds is 5. The minimum Gasteiger partial charge on any atom is -0.331 e. The smallest absolute Gasteiger partial charge is 0.319 e. The molecule has 0 bridgehead atoms. The van der Waals surface area contributed by atoms with Gasteiger partial charge >= 0.3 is 6.03 Å². The molecule has 7 heteroatoms. The lowest BCUT2D eigenvalue weighted by atomic mass is 9.96. The Balaban J connectivity index is 2.06. The van der Waals surface area contributed by atoms with E-state index in [1.165, 1.54) is 24.3 Å². The Morgan fingerprint density at radius 1 is 1.00 bits per heavy atom. The number of anilines is 1. The maximum absolute atomic E-state index is 12.2. The molecule has 0 radical (unpaired) electrons. The second-order valence-electron chi connectivity index (χ2n) is 5.80. The zero-order valence-corrected chi connectivity index (χ0v) is 14.4. The normalized spacial score (nSPS) is 12.7. The van der Waals surface area contributed by atoms with Crippen molar-refractivity contribution in [3.05, 3.63) is 60.2 Å². The SMILES string of the molecule is CC(C)C(NC(=O)Nc1ccc(S(N)(=O)=O)cc1)c1ccccc1. The number of hydrogen-bond acceptors (Lipinski definition) is 3. The van der Waals surface area contributed by atoms with Crippen molar-refractivity contribution in [1.82, 2.24) is 5.32 Å². The molecular weight excluding hydrogens is 326 g/mol. The summed E-state index contributed by atoms with van der Waals surface area (Å²) in [6, 6.07) is 14.9. The maximum atomic E-state index is 12.2. The molecule has 0 fully saturated rings. The molecule has 2 rings (SSSR count). The van der Waals surface area contributed by atoms with Crippen molar-refractivity contribution >= 4 is 21.7 Å². The molecule has 4 N–H and O–H groups in total. The number of hydrogen-bond donors (Lipinski definition) is 3. The van der Waals surface area contributed by atoms with Gasteiger partial charge in [0.2, 0.25) is 10.0 Å². The number of carbonyl (C=O) groups excluding carboxylic acids is 1. The summed E-state index contributed by atoms with van der Waals surface area (Å²) in [4.78, 5) is 12.2. The number of urea groups is 1. The minimum absolute atomic E-state index is 0.00204. The number of benzene rings is 2. The lowest BCUT2D eigenvalue weighted by molar-refractivity contribution is 0.244. The Labute approximate surface area is 142 Å². The minimum atomic E-state index is -3.74. The van der Waals surface area contributed by atoms with E-state index in [4.69, 9.17) is 5.14 Å². The predicted molar refractivity (Wildman–Crippen MR) is 94.0 cm³/mol. The van der Waals surface area contributed by atoms with Crippen LogP contribution in [0.1, 0.15) is 25.5 Å². The van der Waals surface area contributed by atoms with Crippen molar-refractivity contribution in [1.29, 1.82) is 0 Å². The highest BCUT2D eigenvalue weighted by Gasteiger charge is 2.18. The van der Waals surface area contributed by atoms with Crippen LogP contribution in [-0.2, 0) is 10.0 Å². The summed E-state index contributed by atoms with van der Waals surface area (Å²) in [5, 5.41) is 10.7. The van der Waals surface area contributed by atoms with Crippen molar-refractivity contribution < 1.29 is 13.2 Å². The van der Waals surface area contributed by atoms with Gasteiger partial charge in [0.15, 0.2) is 0 Å². The Morgan fingerprint density at radius 3 is 2.08 bits per heavy atom. The molecule has 0 spiro atoms. The standard InChI is InChI=1S/C17H21N3O3S/c1-12(2)16(13-6-4-3-5-7-13)20-17(21)19-14-8-10-15(11-9-14)24(18,22)23/h3-12,16H,1-2H3,(H2,18,22,23)(H2,19,20,21). The number of carbonyl (C=O) groups is 1. The molecule has 0 saturated heterocycles. The fraction of sp³-hybridized carbons (Fsp3) is 0.235. The third-order valence-electron chi connectivity index (χ3n) is 3.55. The van der Waals surface area contributed by atoms with Crippen molar-refractivity contribution in [2.75, 3.05) is 5.32 Å². The number of primary sulfonamides is 1. The van der Waals surface area contributed by atoms with Gasteiger partial charge in [-0.2, -0.15) is 0 Å². The zero-order chi connectivity index (χ0) is 17.7. The molecule has 1 atom stereocenters. The zero-order valence-electron chi connectivity index (χ0n) is 13.6. The van der Waals surface area contributed by atoms with Gasteiger partial charge in [-0.25, -0.2) is 18.4 Å². The van der Waals surface area contributed by atoms with E-state index in [1.54, 1.807) is 0 Å². The molecular formula is C17H21N3O3S. The number of amides is 2. The molecule has 2 aromatic carbocycles. The molecule has 0 saturated carbocycles. The lowest BCUT2D eigenvalue weighted by Gasteiger charge is -2.23. The number of nitrogens with one attached hydrogen (secondary N) is 2. The largest absolute Gasteiger partial charge is 0.331 e. The average molecular weight is 347 g/mol. The molecule has 2 amide bonds. The highest BCUT2D eigenvalue weighted by atomic mass is 32.2. The van der Waals surface area contributed by atoms with Crippen molar-refractivity contribution in [3.63, 3.8) is 0 Å². The number of sulfonamides is 1. The topological polar surface area (TPSA) is 101 Å². The van der Waals surface area contributed by atoms with Crippen LogP contribution in [0.5, 0.6) is 0 Å². The van der Waals surface area contributed by atoms with E-state index >= 15 is 0 Å². The fourth-order valence-corrected chi connectivity index (χ4v) is 2.85. The van der Waals surface area contributed by atoms with E-state index in [2.05, 4.69) is 10.6 Å². The molecule has 0 aliphatic heterocycles. The highest BCUT2D eigenvalue weighted by Crippen LogP contribution is 2.21. The molecule has 0 aliphatic carbocycles. The van der Waals surface area contributed by atoms with E-state index in [-0.39, 0.29) is 22.9 Å². The third-order valence-corrected chi connectivity index (χ3v) is 4.48. The summed E-state index contributed by atoms with van der Waals surface area (Å²) < 4.78 is 22.4. The summed E-state index contributed by atoms with van der Waals surface area (Å²) >= 11 is 0. The Hall–Kier alpha value is -2.38. The van der Waals surface area contributed by atoms with Crippen LogP contribution < -0.4 is 15.8 Å². The first-order chi connectivity index (χ1) is 11.3. The van der Waals surface area contributed by atoms with Gasteiger partial charge in [-0.05, 0) is 35.7 Å². The molecule has 0 aliphatic rings. The van der Waals surface area contributed by atoms with E-state index in [0.717, 1.165) is 5.56 Å². The molecule has 2 aromatic rings. The van der Waals surface area contributed by atoms with Gasteiger partial charge < -0.3 is 10.6 Å². The van der Waals surface area contributed by atoms with Gasteiger partial charge in [0.05, 0.1) is 10.9 Å². The lowest BCUT2D eigenvalue weighted by Crippen LogP contribution is -2.35. The summed E-state index contributed by atoms with van der Waals surface area (Å²) in [7, 11) is -3.74. The maximum Gasteiger partial charge on any atom is 0.319 e. The van der Waals surface area contributed by atoms with Crippen molar-refractivity contribution in [3.8, 4) is 0 Å². The van der Waals surface area contributed by atoms with Crippen LogP contribution in [0.2, 0.25) is 0 Å². The second-order valence-corrected chi connectivity index (χ2v) is 7.36. The van der Waals surface area contributed by atoms with Crippen molar-refractivity contribution in [2.45, 2.75) is 24.8 Å². The monoisotopic (exact) mass is 347 g/mol. The van der Waals surface area contributed by atoms with Crippen molar-refractivity contribution in [2.24, 2.45) is 11.1 Å². The van der Waals surface area contributed by atoms with Crippen LogP contribution in [0.4, 0.5) is 10.5 Å². The summed E-state index contributed by atoms with van der Waals surface area (Å²) in [5.41, 5.74) is 1.50. The van der Waals surface area contributed by atoms with E-state index in [0.29, 0.717) is 5.69 Å². The van der Waals surface area contributed by atoms with Gasteiger partial charge in [0, 0.05) is 5.69 Å². The second kappa shape index (κ2) is 7.46. The fourth-order valence-electron chi connectivity index (χ4n) is 2.33. The first-order valence-electron chi connectivity index (χ1n) is 7.52. The predicted octanol–water partition coefficient (Wildman–Crippen LogP) is 2.85. The molecule has 24 heavy (non-hydrogen) atoms. The van der Waals surface area contributed by atoms with Crippen LogP contribution in [0.3, 0.4) is 0 Å². The summed E-state index contributed by atoms with van der Waals surface area (Å²) in [6.45, 7) is 4.05. The first kappa shape index (κ1) is 18.0. The summed E-state index contributed by atoms with van der Waals surface area (Å²) in [5.74, 6) is 0.211. The van der Waals surface area contributed by atoms with Gasteiger partial charge in [-0.3, -0.25) is 0 Å². The van der Waals surface area contributed by atoms with Gasteiger partial charge in [0.25, 0.3) is 0 Å². The molecule has 1 unspecified atom stereocenters. The molecule has 0 aromatic heterocycles. The summed E-state index contributed by atoms with van der Waals surface area (Å²) in [6.07, 6.45) is 0. The highest BCUT2D eigenvalue weighted by molar-refractivity contribution is 7.89. The number of nitrogens with two attached hydrogens (primary N) is 1. The molecule has 0 heterocycles. The Bertz CT molecular complexity index is 788. The van der Waals surface area contributed by atoms with Crippen LogP contribution in [0.25, 0.3) is 0 Å². The average Bonchev–Trinajstić information content (AvgIpc) is 2.53. The Morgan fingerprint density at radius 2 is 1.58 bits per heavy atom. The molecule has 128 valence electrons. The van der Waals surface area contributed by atoms with E-state index in [1.807, 2.05) is 44.2 Å². The van der Waals surface area contributed by atoms with E-state index < -0.39 is 10.0 Å². The van der Waals surface area contributed by atoms with Gasteiger partial charge in [-0.15, -0.1) is 0 Å². The third kappa shape index (κ3) is 4.81. The quantitative estimate of drug-likeness (QED) is 0.775. The Kier molecular flexibility index (Phi) is 5.58. The van der Waals surface area contributed by atoms with Gasteiger partial charge in [0.1, 0.15) is 0 Å².